The van der Waals surface area contributed by atoms with Crippen molar-refractivity contribution in [3.05, 3.63) is 24.0 Å². The summed E-state index contributed by atoms with van der Waals surface area (Å²) in [7, 11) is 2.18. The Morgan fingerprint density at radius 2 is 1.88 bits per heavy atom. The molecule has 4 saturated heterocycles. The zero-order valence-electron chi connectivity index (χ0n) is 10.6. The fourth-order valence-electron chi connectivity index (χ4n) is 4.19. The van der Waals surface area contributed by atoms with Crippen molar-refractivity contribution in [3.63, 3.8) is 0 Å². The van der Waals surface area contributed by atoms with Gasteiger partial charge in [-0.25, -0.2) is 0 Å². The van der Waals surface area contributed by atoms with Gasteiger partial charge in [0.15, 0.2) is 0 Å². The maximum Gasteiger partial charge on any atom is 0.0533 e. The van der Waals surface area contributed by atoms with Crippen molar-refractivity contribution in [2.24, 2.45) is 7.05 Å². The van der Waals surface area contributed by atoms with Gasteiger partial charge >= 0.3 is 0 Å². The lowest BCUT2D eigenvalue weighted by Gasteiger charge is -2.64. The lowest BCUT2D eigenvalue weighted by Crippen LogP contribution is -2.77. The molecule has 4 heteroatoms. The van der Waals surface area contributed by atoms with Gasteiger partial charge in [0.05, 0.1) is 25.4 Å². The molecular weight excluding hydrogens is 212 g/mol. The van der Waals surface area contributed by atoms with E-state index in [-0.39, 0.29) is 0 Å². The van der Waals surface area contributed by atoms with Crippen molar-refractivity contribution >= 4 is 0 Å². The fourth-order valence-corrected chi connectivity index (χ4v) is 4.19. The molecule has 0 radical (unpaired) electrons. The van der Waals surface area contributed by atoms with Crippen molar-refractivity contribution in [2.45, 2.75) is 18.4 Å². The molecule has 0 spiro atoms. The molecule has 1 aromatic rings. The molecule has 0 saturated carbocycles. The number of aryl methyl sites for hydroxylation is 1. The molecule has 4 aliphatic heterocycles. The highest BCUT2D eigenvalue weighted by Crippen LogP contribution is 2.42. The Hall–Kier alpha value is -0.840. The van der Waals surface area contributed by atoms with Crippen LogP contribution in [0.15, 0.2) is 18.3 Å². The van der Waals surface area contributed by atoms with E-state index in [1.54, 1.807) is 0 Å². The van der Waals surface area contributed by atoms with Crippen LogP contribution in [0.2, 0.25) is 0 Å². The second kappa shape index (κ2) is 3.13. The van der Waals surface area contributed by atoms with Crippen molar-refractivity contribution in [1.82, 2.24) is 19.3 Å². The molecular formula is C13H20N4. The van der Waals surface area contributed by atoms with Crippen LogP contribution in [0.5, 0.6) is 0 Å². The highest BCUT2D eigenvalue weighted by atomic mass is 15.5. The van der Waals surface area contributed by atoms with Gasteiger partial charge in [-0.3, -0.25) is 14.7 Å². The topological polar surface area (TPSA) is 14.7 Å². The van der Waals surface area contributed by atoms with E-state index in [9.17, 15) is 0 Å². The van der Waals surface area contributed by atoms with Crippen LogP contribution in [0.25, 0.3) is 0 Å². The zero-order chi connectivity index (χ0) is 11.6. The minimum Gasteiger partial charge on any atom is -0.354 e. The predicted octanol–water partition coefficient (Wildman–Crippen LogP) is 0.471. The molecule has 4 aliphatic rings. The summed E-state index contributed by atoms with van der Waals surface area (Å²) in [5, 5.41) is 0. The highest BCUT2D eigenvalue weighted by Gasteiger charge is 2.54. The first kappa shape index (κ1) is 10.1. The van der Waals surface area contributed by atoms with E-state index in [1.807, 2.05) is 0 Å². The standard InChI is InChI=1S/C13H20N4/c1-11-13(12-4-3-5-14(12)2)6-15-8-16(7-13)10-17(11)9-15/h3-5,11H,6-10H2,1-2H3. The van der Waals surface area contributed by atoms with Crippen LogP contribution in [0, 0.1) is 0 Å². The summed E-state index contributed by atoms with van der Waals surface area (Å²) in [5.41, 5.74) is 1.82. The van der Waals surface area contributed by atoms with E-state index in [0.717, 1.165) is 20.0 Å². The van der Waals surface area contributed by atoms with Gasteiger partial charge < -0.3 is 4.57 Å². The van der Waals surface area contributed by atoms with Crippen LogP contribution in [-0.2, 0) is 12.5 Å². The van der Waals surface area contributed by atoms with E-state index in [4.69, 9.17) is 0 Å². The molecule has 0 N–H and O–H groups in total. The molecule has 4 fully saturated rings. The number of hydrogen-bond acceptors (Lipinski definition) is 3. The third-order valence-electron chi connectivity index (χ3n) is 4.98. The summed E-state index contributed by atoms with van der Waals surface area (Å²) in [5.74, 6) is 0. The van der Waals surface area contributed by atoms with E-state index in [0.29, 0.717) is 11.5 Å². The van der Waals surface area contributed by atoms with Crippen LogP contribution in [0.3, 0.4) is 0 Å². The van der Waals surface area contributed by atoms with E-state index < -0.39 is 0 Å². The summed E-state index contributed by atoms with van der Waals surface area (Å²) in [6, 6.07) is 5.15. The Bertz CT molecular complexity index is 438. The van der Waals surface area contributed by atoms with Gasteiger partial charge in [0.2, 0.25) is 0 Å². The third kappa shape index (κ3) is 1.18. The number of aromatic nitrogens is 1. The summed E-state index contributed by atoms with van der Waals surface area (Å²) in [4.78, 5) is 7.78. The van der Waals surface area contributed by atoms with Crippen molar-refractivity contribution < 1.29 is 0 Å². The van der Waals surface area contributed by atoms with Gasteiger partial charge in [0.25, 0.3) is 0 Å². The zero-order valence-corrected chi connectivity index (χ0v) is 10.6. The molecule has 0 aromatic carbocycles. The first-order chi connectivity index (χ1) is 8.19. The van der Waals surface area contributed by atoms with Crippen LogP contribution < -0.4 is 0 Å². The highest BCUT2D eigenvalue weighted by molar-refractivity contribution is 5.28. The molecule has 5 heterocycles. The average Bonchev–Trinajstić information content (AvgIpc) is 2.71. The third-order valence-corrected chi connectivity index (χ3v) is 4.98. The lowest BCUT2D eigenvalue weighted by molar-refractivity contribution is -0.173. The quantitative estimate of drug-likeness (QED) is 0.699. The number of hydrogen-bond donors (Lipinski definition) is 0. The summed E-state index contributed by atoms with van der Waals surface area (Å²) in [6.45, 7) is 8.33. The Morgan fingerprint density at radius 3 is 2.47 bits per heavy atom. The van der Waals surface area contributed by atoms with Crippen molar-refractivity contribution in [3.8, 4) is 0 Å². The summed E-state index contributed by atoms with van der Waals surface area (Å²) < 4.78 is 2.31. The number of nitrogens with zero attached hydrogens (tertiary/aromatic N) is 4. The molecule has 4 nitrogen and oxygen atoms in total. The van der Waals surface area contributed by atoms with Gasteiger partial charge in [0.1, 0.15) is 0 Å². The van der Waals surface area contributed by atoms with Crippen LogP contribution in [-0.4, -0.2) is 58.4 Å². The Morgan fingerprint density at radius 1 is 1.18 bits per heavy atom. The number of rotatable bonds is 1. The summed E-state index contributed by atoms with van der Waals surface area (Å²) in [6.07, 6.45) is 2.18. The molecule has 4 bridgehead atoms. The van der Waals surface area contributed by atoms with E-state index in [1.165, 1.54) is 18.8 Å². The molecule has 5 rings (SSSR count). The molecule has 17 heavy (non-hydrogen) atoms. The minimum absolute atomic E-state index is 0.312. The van der Waals surface area contributed by atoms with Gasteiger partial charge in [-0.05, 0) is 19.1 Å². The molecule has 0 amide bonds. The Labute approximate surface area is 102 Å². The SMILES string of the molecule is CC1N2CN3CN(C2)CC1(c1cccn1C)C3. The van der Waals surface area contributed by atoms with Gasteiger partial charge in [-0.15, -0.1) is 0 Å². The maximum absolute atomic E-state index is 2.61. The minimum atomic E-state index is 0.312. The van der Waals surface area contributed by atoms with Crippen LogP contribution in [0.4, 0.5) is 0 Å². The van der Waals surface area contributed by atoms with Crippen LogP contribution in [0.1, 0.15) is 12.6 Å². The average molecular weight is 232 g/mol. The summed E-state index contributed by atoms with van der Waals surface area (Å²) >= 11 is 0. The molecule has 3 unspecified atom stereocenters. The van der Waals surface area contributed by atoms with Gasteiger partial charge in [-0.1, -0.05) is 0 Å². The second-order valence-electron chi connectivity index (χ2n) is 6.01. The second-order valence-corrected chi connectivity index (χ2v) is 6.01. The maximum atomic E-state index is 2.61. The molecule has 92 valence electrons. The first-order valence-corrected chi connectivity index (χ1v) is 6.50. The molecule has 3 atom stereocenters. The largest absolute Gasteiger partial charge is 0.354 e. The monoisotopic (exact) mass is 232 g/mol. The fraction of sp³-hybridized carbons (Fsp3) is 0.692. The van der Waals surface area contributed by atoms with Crippen LogP contribution >= 0.6 is 0 Å². The van der Waals surface area contributed by atoms with E-state index in [2.05, 4.69) is 51.6 Å². The Balaban J connectivity index is 1.84. The lowest BCUT2D eigenvalue weighted by atomic mass is 9.72. The molecule has 0 aliphatic carbocycles. The van der Waals surface area contributed by atoms with E-state index >= 15 is 0 Å². The molecule has 1 aromatic heterocycles. The smallest absolute Gasteiger partial charge is 0.0533 e. The van der Waals surface area contributed by atoms with Gasteiger partial charge in [-0.2, -0.15) is 0 Å². The van der Waals surface area contributed by atoms with Gasteiger partial charge in [0, 0.05) is 38.1 Å². The Kier molecular flexibility index (Phi) is 1.86. The normalized spacial score (nSPS) is 47.6. The first-order valence-electron chi connectivity index (χ1n) is 6.50. The van der Waals surface area contributed by atoms with Crippen molar-refractivity contribution in [1.29, 1.82) is 0 Å². The predicted molar refractivity (Wildman–Crippen MR) is 66.4 cm³/mol. The van der Waals surface area contributed by atoms with Crippen molar-refractivity contribution in [2.75, 3.05) is 33.1 Å².